The largest absolute Gasteiger partial charge is 0.259 e. The Balaban J connectivity index is 1.49. The molecule has 0 aliphatic rings. The highest BCUT2D eigenvalue weighted by Gasteiger charge is 2.16. The standard InChI is InChI=1S/C28H28N6/c1-15-10-17(3)23(18(4)11-15)27-29-25(31-33-27)21-8-7-9-22(14-21)26-30-28(34-32-26)24-19(5)12-16(2)13-20(24)6/h7-14H,1-6H3,(H,29,31,33)(H,30,32,34). The molecular formula is C28H28N6. The van der Waals surface area contributed by atoms with Crippen molar-refractivity contribution in [3.8, 4) is 45.6 Å². The van der Waals surface area contributed by atoms with Crippen LogP contribution < -0.4 is 0 Å². The Bertz CT molecular complexity index is 1360. The smallest absolute Gasteiger partial charge is 0.182 e. The highest BCUT2D eigenvalue weighted by atomic mass is 15.2. The molecule has 0 fully saturated rings. The van der Waals surface area contributed by atoms with E-state index in [4.69, 9.17) is 9.97 Å². The summed E-state index contributed by atoms with van der Waals surface area (Å²) in [7, 11) is 0. The van der Waals surface area contributed by atoms with Crippen LogP contribution >= 0.6 is 0 Å². The quantitative estimate of drug-likeness (QED) is 0.331. The van der Waals surface area contributed by atoms with Crippen molar-refractivity contribution in [1.29, 1.82) is 0 Å². The molecule has 6 heteroatoms. The third-order valence-corrected chi connectivity index (χ3v) is 6.18. The molecule has 0 atom stereocenters. The summed E-state index contributed by atoms with van der Waals surface area (Å²) in [4.78, 5) is 9.62. The molecule has 2 N–H and O–H groups in total. The average Bonchev–Trinajstić information content (AvgIpc) is 3.43. The molecule has 0 aliphatic carbocycles. The van der Waals surface area contributed by atoms with Crippen LogP contribution in [0.1, 0.15) is 33.4 Å². The zero-order valence-corrected chi connectivity index (χ0v) is 20.4. The maximum absolute atomic E-state index is 4.81. The number of nitrogens with one attached hydrogen (secondary N) is 2. The summed E-state index contributed by atoms with van der Waals surface area (Å²) >= 11 is 0. The van der Waals surface area contributed by atoms with Gasteiger partial charge in [0.2, 0.25) is 0 Å². The van der Waals surface area contributed by atoms with Crippen LogP contribution in [0.15, 0.2) is 48.5 Å². The lowest BCUT2D eigenvalue weighted by Crippen LogP contribution is -1.92. The van der Waals surface area contributed by atoms with Crippen molar-refractivity contribution in [2.75, 3.05) is 0 Å². The van der Waals surface area contributed by atoms with E-state index in [1.165, 1.54) is 33.4 Å². The van der Waals surface area contributed by atoms with E-state index >= 15 is 0 Å². The summed E-state index contributed by atoms with van der Waals surface area (Å²) in [5.41, 5.74) is 11.2. The number of aromatic amines is 2. The molecule has 0 aliphatic heterocycles. The summed E-state index contributed by atoms with van der Waals surface area (Å²) in [6.07, 6.45) is 0. The minimum Gasteiger partial charge on any atom is -0.259 e. The van der Waals surface area contributed by atoms with Crippen LogP contribution in [0, 0.1) is 41.5 Å². The maximum atomic E-state index is 4.81. The number of benzene rings is 3. The number of hydrogen-bond donors (Lipinski definition) is 2. The van der Waals surface area contributed by atoms with Gasteiger partial charge in [-0.2, -0.15) is 10.2 Å². The molecule has 2 heterocycles. The van der Waals surface area contributed by atoms with Gasteiger partial charge in [0.15, 0.2) is 23.3 Å². The van der Waals surface area contributed by atoms with Gasteiger partial charge in [-0.15, -0.1) is 0 Å². The van der Waals surface area contributed by atoms with Gasteiger partial charge in [0.1, 0.15) is 0 Å². The first-order chi connectivity index (χ1) is 16.3. The van der Waals surface area contributed by atoms with Gasteiger partial charge >= 0.3 is 0 Å². The minimum atomic E-state index is 0.711. The van der Waals surface area contributed by atoms with Gasteiger partial charge in [0.25, 0.3) is 0 Å². The molecule has 0 spiro atoms. The lowest BCUT2D eigenvalue weighted by atomic mass is 9.99. The lowest BCUT2D eigenvalue weighted by molar-refractivity contribution is 1.09. The van der Waals surface area contributed by atoms with Crippen molar-refractivity contribution < 1.29 is 0 Å². The van der Waals surface area contributed by atoms with Crippen LogP contribution in [0.3, 0.4) is 0 Å². The van der Waals surface area contributed by atoms with Crippen LogP contribution in [0.25, 0.3) is 45.6 Å². The van der Waals surface area contributed by atoms with Crippen molar-refractivity contribution in [1.82, 2.24) is 30.4 Å². The summed E-state index contributed by atoms with van der Waals surface area (Å²) in [5.74, 6) is 2.87. The van der Waals surface area contributed by atoms with Crippen molar-refractivity contribution >= 4 is 0 Å². The van der Waals surface area contributed by atoms with Crippen molar-refractivity contribution in [3.05, 3.63) is 81.9 Å². The zero-order chi connectivity index (χ0) is 24.0. The molecule has 0 bridgehead atoms. The van der Waals surface area contributed by atoms with Gasteiger partial charge in [-0.1, -0.05) is 53.6 Å². The number of rotatable bonds is 4. The Morgan fingerprint density at radius 2 is 0.912 bits per heavy atom. The predicted molar refractivity (Wildman–Crippen MR) is 136 cm³/mol. The average molecular weight is 449 g/mol. The molecule has 5 rings (SSSR count). The first-order valence-corrected chi connectivity index (χ1v) is 11.4. The molecule has 0 unspecified atom stereocenters. The van der Waals surface area contributed by atoms with E-state index in [0.717, 1.165) is 33.9 Å². The highest BCUT2D eigenvalue weighted by molar-refractivity contribution is 5.72. The molecule has 6 nitrogen and oxygen atoms in total. The summed E-state index contributed by atoms with van der Waals surface area (Å²) < 4.78 is 0. The third-order valence-electron chi connectivity index (χ3n) is 6.18. The van der Waals surface area contributed by atoms with Gasteiger partial charge in [0, 0.05) is 22.3 Å². The number of aromatic nitrogens is 6. The molecule has 34 heavy (non-hydrogen) atoms. The Morgan fingerprint density at radius 1 is 0.529 bits per heavy atom. The summed E-state index contributed by atoms with van der Waals surface area (Å²) in [5, 5.41) is 15.3. The number of H-pyrrole nitrogens is 2. The minimum absolute atomic E-state index is 0.711. The second-order valence-corrected chi connectivity index (χ2v) is 9.14. The molecule has 170 valence electrons. The Morgan fingerprint density at radius 3 is 1.29 bits per heavy atom. The monoisotopic (exact) mass is 448 g/mol. The lowest BCUT2D eigenvalue weighted by Gasteiger charge is -2.07. The SMILES string of the molecule is Cc1cc(C)c(-c2n[nH]c(-c3cccc(-c4nc(-c5c(C)cc(C)cc5C)n[nH]4)c3)n2)c(C)c1. The first-order valence-electron chi connectivity index (χ1n) is 11.4. The normalized spacial score (nSPS) is 11.2. The van der Waals surface area contributed by atoms with Crippen LogP contribution in [-0.2, 0) is 0 Å². The van der Waals surface area contributed by atoms with E-state index in [0.29, 0.717) is 11.6 Å². The second-order valence-electron chi connectivity index (χ2n) is 9.14. The molecule has 0 saturated carbocycles. The molecule has 0 amide bonds. The predicted octanol–water partition coefficient (Wildman–Crippen LogP) is 6.44. The number of hydrogen-bond acceptors (Lipinski definition) is 4. The van der Waals surface area contributed by atoms with Crippen LogP contribution in [0.2, 0.25) is 0 Å². The second kappa shape index (κ2) is 8.37. The van der Waals surface area contributed by atoms with E-state index in [1.807, 2.05) is 18.2 Å². The maximum Gasteiger partial charge on any atom is 0.182 e. The third kappa shape index (κ3) is 3.92. The van der Waals surface area contributed by atoms with E-state index in [-0.39, 0.29) is 0 Å². The molecular weight excluding hydrogens is 420 g/mol. The molecule has 3 aromatic carbocycles. The Kier molecular flexibility index (Phi) is 5.36. The van der Waals surface area contributed by atoms with Crippen molar-refractivity contribution in [2.24, 2.45) is 0 Å². The molecule has 2 aromatic heterocycles. The van der Waals surface area contributed by atoms with E-state index in [9.17, 15) is 0 Å². The van der Waals surface area contributed by atoms with Gasteiger partial charge in [-0.05, 0) is 69.9 Å². The topological polar surface area (TPSA) is 83.1 Å². The fourth-order valence-corrected chi connectivity index (χ4v) is 4.88. The van der Waals surface area contributed by atoms with Crippen molar-refractivity contribution in [3.63, 3.8) is 0 Å². The van der Waals surface area contributed by atoms with Gasteiger partial charge in [-0.25, -0.2) is 9.97 Å². The summed E-state index contributed by atoms with van der Waals surface area (Å²) in [6.45, 7) is 12.6. The fraction of sp³-hybridized carbons (Fsp3) is 0.214. The molecule has 0 radical (unpaired) electrons. The van der Waals surface area contributed by atoms with E-state index < -0.39 is 0 Å². The van der Waals surface area contributed by atoms with Gasteiger partial charge < -0.3 is 0 Å². The van der Waals surface area contributed by atoms with Gasteiger partial charge in [0.05, 0.1) is 0 Å². The van der Waals surface area contributed by atoms with Crippen LogP contribution in [-0.4, -0.2) is 30.4 Å². The Labute approximate surface area is 199 Å². The zero-order valence-electron chi connectivity index (χ0n) is 20.4. The molecule has 0 saturated heterocycles. The van der Waals surface area contributed by atoms with Crippen molar-refractivity contribution in [2.45, 2.75) is 41.5 Å². The highest BCUT2D eigenvalue weighted by Crippen LogP contribution is 2.30. The van der Waals surface area contributed by atoms with Crippen LogP contribution in [0.4, 0.5) is 0 Å². The fourth-order valence-electron chi connectivity index (χ4n) is 4.88. The van der Waals surface area contributed by atoms with E-state index in [2.05, 4.69) is 92.3 Å². The first kappa shape index (κ1) is 21.8. The van der Waals surface area contributed by atoms with E-state index in [1.54, 1.807) is 0 Å². The molecule has 5 aromatic rings. The van der Waals surface area contributed by atoms with Crippen LogP contribution in [0.5, 0.6) is 0 Å². The Hall–Kier alpha value is -4.06. The summed E-state index contributed by atoms with van der Waals surface area (Å²) in [6, 6.07) is 16.8. The number of aryl methyl sites for hydroxylation is 6. The number of nitrogens with zero attached hydrogens (tertiary/aromatic N) is 4. The van der Waals surface area contributed by atoms with Gasteiger partial charge in [-0.3, -0.25) is 10.2 Å².